The molecule has 5 nitrogen and oxygen atoms in total. The van der Waals surface area contributed by atoms with Gasteiger partial charge in [-0.2, -0.15) is 0 Å². The summed E-state index contributed by atoms with van der Waals surface area (Å²) in [5.74, 6) is 0.0809. The molecule has 1 aliphatic heterocycles. The fourth-order valence-corrected chi connectivity index (χ4v) is 2.41. The molecule has 1 fully saturated rings. The standard InChI is InChI=1S/C16H23N3O2.ClH/c1-3-11(2)15(17)16(21)18-12-6-4-7-13(10-12)19-9-5-8-14(19)20;/h4,6-7,10-11,15H,3,5,8-9,17H2,1-2H3,(H,18,21);1H. The van der Waals surface area contributed by atoms with Crippen molar-refractivity contribution in [3.63, 3.8) is 0 Å². The molecule has 2 amide bonds. The summed E-state index contributed by atoms with van der Waals surface area (Å²) in [6.07, 6.45) is 2.33. The lowest BCUT2D eigenvalue weighted by atomic mass is 9.99. The molecular formula is C16H24ClN3O2. The van der Waals surface area contributed by atoms with Gasteiger partial charge in [-0.1, -0.05) is 26.3 Å². The fourth-order valence-electron chi connectivity index (χ4n) is 2.41. The minimum atomic E-state index is -0.521. The second-order valence-corrected chi connectivity index (χ2v) is 5.60. The summed E-state index contributed by atoms with van der Waals surface area (Å²) in [6.45, 7) is 4.71. The Kier molecular flexibility index (Phi) is 6.84. The van der Waals surface area contributed by atoms with Crippen LogP contribution < -0.4 is 16.0 Å². The highest BCUT2D eigenvalue weighted by molar-refractivity contribution is 5.98. The first kappa shape index (κ1) is 18.5. The lowest BCUT2D eigenvalue weighted by Crippen LogP contribution is -2.40. The minimum Gasteiger partial charge on any atom is -0.325 e. The SMILES string of the molecule is CCC(C)C(N)C(=O)Nc1cccc(N2CCCC2=O)c1.Cl. The minimum absolute atomic E-state index is 0. The largest absolute Gasteiger partial charge is 0.325 e. The summed E-state index contributed by atoms with van der Waals surface area (Å²) in [5, 5.41) is 2.83. The number of benzene rings is 1. The number of rotatable bonds is 5. The van der Waals surface area contributed by atoms with Gasteiger partial charge >= 0.3 is 0 Å². The Morgan fingerprint density at radius 3 is 2.77 bits per heavy atom. The summed E-state index contributed by atoms with van der Waals surface area (Å²) in [6, 6.07) is 6.83. The zero-order valence-corrected chi connectivity index (χ0v) is 13.9. The van der Waals surface area contributed by atoms with Gasteiger partial charge in [-0.25, -0.2) is 0 Å². The zero-order chi connectivity index (χ0) is 15.4. The molecule has 2 unspecified atom stereocenters. The molecule has 1 aliphatic rings. The van der Waals surface area contributed by atoms with Crippen molar-refractivity contribution >= 4 is 35.6 Å². The van der Waals surface area contributed by atoms with E-state index in [1.54, 1.807) is 4.90 Å². The molecule has 0 aliphatic carbocycles. The van der Waals surface area contributed by atoms with Gasteiger partial charge in [0.05, 0.1) is 6.04 Å². The second-order valence-electron chi connectivity index (χ2n) is 5.60. The van der Waals surface area contributed by atoms with E-state index >= 15 is 0 Å². The van der Waals surface area contributed by atoms with Gasteiger partial charge in [0.25, 0.3) is 0 Å². The number of halogens is 1. The van der Waals surface area contributed by atoms with Gasteiger partial charge in [0, 0.05) is 24.3 Å². The van der Waals surface area contributed by atoms with Crippen LogP contribution in [0.2, 0.25) is 0 Å². The van der Waals surface area contributed by atoms with E-state index in [0.29, 0.717) is 12.1 Å². The van der Waals surface area contributed by atoms with Crippen molar-refractivity contribution in [2.24, 2.45) is 11.7 Å². The Morgan fingerprint density at radius 2 is 2.18 bits per heavy atom. The average molecular weight is 326 g/mol. The molecule has 1 heterocycles. The highest BCUT2D eigenvalue weighted by Gasteiger charge is 2.23. The lowest BCUT2D eigenvalue weighted by molar-refractivity contribution is -0.118. The third-order valence-electron chi connectivity index (χ3n) is 4.06. The molecule has 6 heteroatoms. The normalized spacial score (nSPS) is 16.9. The number of amides is 2. The topological polar surface area (TPSA) is 75.4 Å². The maximum absolute atomic E-state index is 12.1. The molecule has 0 radical (unpaired) electrons. The van der Waals surface area contributed by atoms with Crippen LogP contribution in [0.5, 0.6) is 0 Å². The molecule has 3 N–H and O–H groups in total. The number of hydrogen-bond acceptors (Lipinski definition) is 3. The van der Waals surface area contributed by atoms with Gasteiger partial charge in [0.2, 0.25) is 11.8 Å². The maximum Gasteiger partial charge on any atom is 0.241 e. The van der Waals surface area contributed by atoms with Gasteiger partial charge < -0.3 is 16.0 Å². The summed E-state index contributed by atoms with van der Waals surface area (Å²) < 4.78 is 0. The number of nitrogens with one attached hydrogen (secondary N) is 1. The first-order valence-electron chi connectivity index (χ1n) is 7.49. The molecule has 1 aromatic carbocycles. The molecule has 122 valence electrons. The van der Waals surface area contributed by atoms with Crippen molar-refractivity contribution < 1.29 is 9.59 Å². The molecule has 1 saturated heterocycles. The van der Waals surface area contributed by atoms with E-state index in [-0.39, 0.29) is 30.1 Å². The van der Waals surface area contributed by atoms with Crippen molar-refractivity contribution in [1.82, 2.24) is 0 Å². The number of nitrogens with two attached hydrogens (primary N) is 1. The molecule has 2 rings (SSSR count). The van der Waals surface area contributed by atoms with Gasteiger partial charge in [0.1, 0.15) is 0 Å². The van der Waals surface area contributed by atoms with Gasteiger partial charge in [-0.05, 0) is 30.5 Å². The number of hydrogen-bond donors (Lipinski definition) is 2. The van der Waals surface area contributed by atoms with E-state index in [1.807, 2.05) is 38.1 Å². The van der Waals surface area contributed by atoms with E-state index in [0.717, 1.165) is 25.1 Å². The predicted octanol–water partition coefficient (Wildman–Crippen LogP) is 2.55. The highest BCUT2D eigenvalue weighted by atomic mass is 35.5. The van der Waals surface area contributed by atoms with Crippen molar-refractivity contribution in [3.05, 3.63) is 24.3 Å². The van der Waals surface area contributed by atoms with Crippen LogP contribution in [0, 0.1) is 5.92 Å². The molecule has 0 bridgehead atoms. The molecule has 0 spiro atoms. The predicted molar refractivity (Wildman–Crippen MR) is 91.3 cm³/mol. The van der Waals surface area contributed by atoms with Crippen LogP contribution in [-0.4, -0.2) is 24.4 Å². The Balaban J connectivity index is 0.00000242. The molecular weight excluding hydrogens is 302 g/mol. The second kappa shape index (κ2) is 8.15. The van der Waals surface area contributed by atoms with Crippen molar-refractivity contribution in [2.45, 2.75) is 39.2 Å². The Hall–Kier alpha value is -1.59. The number of carbonyl (C=O) groups excluding carboxylic acids is 2. The first-order valence-corrected chi connectivity index (χ1v) is 7.49. The fraction of sp³-hybridized carbons (Fsp3) is 0.500. The Bertz CT molecular complexity index is 536. The third-order valence-corrected chi connectivity index (χ3v) is 4.06. The van der Waals surface area contributed by atoms with Crippen LogP contribution >= 0.6 is 12.4 Å². The summed E-state index contributed by atoms with van der Waals surface area (Å²) in [5.41, 5.74) is 7.43. The van der Waals surface area contributed by atoms with E-state index < -0.39 is 6.04 Å². The lowest BCUT2D eigenvalue weighted by Gasteiger charge is -2.19. The van der Waals surface area contributed by atoms with Crippen LogP contribution in [0.1, 0.15) is 33.1 Å². The average Bonchev–Trinajstić information content (AvgIpc) is 2.92. The monoisotopic (exact) mass is 325 g/mol. The van der Waals surface area contributed by atoms with Crippen LogP contribution in [-0.2, 0) is 9.59 Å². The van der Waals surface area contributed by atoms with Crippen LogP contribution in [0.4, 0.5) is 11.4 Å². The summed E-state index contributed by atoms with van der Waals surface area (Å²) >= 11 is 0. The van der Waals surface area contributed by atoms with Gasteiger partial charge in [0.15, 0.2) is 0 Å². The number of nitrogens with zero attached hydrogens (tertiary/aromatic N) is 1. The van der Waals surface area contributed by atoms with E-state index in [4.69, 9.17) is 5.73 Å². The van der Waals surface area contributed by atoms with Crippen molar-refractivity contribution in [3.8, 4) is 0 Å². The van der Waals surface area contributed by atoms with E-state index in [9.17, 15) is 9.59 Å². The van der Waals surface area contributed by atoms with Gasteiger partial charge in [-0.3, -0.25) is 9.59 Å². The van der Waals surface area contributed by atoms with Gasteiger partial charge in [-0.15, -0.1) is 12.4 Å². The molecule has 1 aromatic rings. The highest BCUT2D eigenvalue weighted by Crippen LogP contribution is 2.24. The Labute approximate surface area is 137 Å². The molecule has 22 heavy (non-hydrogen) atoms. The number of anilines is 2. The first-order chi connectivity index (χ1) is 10.0. The van der Waals surface area contributed by atoms with Crippen LogP contribution in [0.3, 0.4) is 0 Å². The zero-order valence-electron chi connectivity index (χ0n) is 13.0. The maximum atomic E-state index is 12.1. The number of carbonyl (C=O) groups is 2. The van der Waals surface area contributed by atoms with Crippen molar-refractivity contribution in [1.29, 1.82) is 0 Å². The quantitative estimate of drug-likeness (QED) is 0.873. The smallest absolute Gasteiger partial charge is 0.241 e. The van der Waals surface area contributed by atoms with Crippen LogP contribution in [0.25, 0.3) is 0 Å². The summed E-state index contributed by atoms with van der Waals surface area (Å²) in [4.78, 5) is 25.6. The van der Waals surface area contributed by atoms with E-state index in [2.05, 4.69) is 5.32 Å². The van der Waals surface area contributed by atoms with Crippen molar-refractivity contribution in [2.75, 3.05) is 16.8 Å². The summed E-state index contributed by atoms with van der Waals surface area (Å²) in [7, 11) is 0. The van der Waals surface area contributed by atoms with Crippen LogP contribution in [0.15, 0.2) is 24.3 Å². The molecule has 0 aromatic heterocycles. The third kappa shape index (κ3) is 4.21. The van der Waals surface area contributed by atoms with E-state index in [1.165, 1.54) is 0 Å². The Morgan fingerprint density at radius 1 is 1.45 bits per heavy atom. The molecule has 0 saturated carbocycles. The molecule has 2 atom stereocenters.